The summed E-state index contributed by atoms with van der Waals surface area (Å²) in [7, 11) is 0. The molecule has 24 heavy (non-hydrogen) atoms. The molecule has 0 unspecified atom stereocenters. The van der Waals surface area contributed by atoms with Gasteiger partial charge in [0.2, 0.25) is 0 Å². The molecule has 0 saturated carbocycles. The quantitative estimate of drug-likeness (QED) is 0.592. The fraction of sp³-hybridized carbons (Fsp3) is 0. The van der Waals surface area contributed by atoms with Gasteiger partial charge in [-0.1, -0.05) is 18.2 Å². The summed E-state index contributed by atoms with van der Waals surface area (Å²) >= 11 is 0. The van der Waals surface area contributed by atoms with Crippen LogP contribution in [-0.2, 0) is 4.79 Å². The average molecular weight is 324 g/mol. The van der Waals surface area contributed by atoms with E-state index >= 15 is 0 Å². The van der Waals surface area contributed by atoms with Crippen molar-refractivity contribution in [2.45, 2.75) is 0 Å². The lowest BCUT2D eigenvalue weighted by atomic mass is 10.1. The maximum atomic E-state index is 12.4. The number of phenolic OH excluding ortho intramolecular Hbond substituents is 1. The third-order valence-corrected chi connectivity index (χ3v) is 3.43. The van der Waals surface area contributed by atoms with Crippen molar-refractivity contribution in [3.8, 4) is 5.75 Å². The monoisotopic (exact) mass is 324 g/mol. The first-order chi connectivity index (χ1) is 11.5. The molecule has 1 aliphatic heterocycles. The lowest BCUT2D eigenvalue weighted by Gasteiger charge is -2.12. The van der Waals surface area contributed by atoms with E-state index < -0.39 is 17.9 Å². The minimum absolute atomic E-state index is 0.0240. The molecule has 0 bridgehead atoms. The second-order valence-electron chi connectivity index (χ2n) is 5.08. The number of hydrogen-bond acceptors (Lipinski definition) is 4. The van der Waals surface area contributed by atoms with Crippen molar-refractivity contribution >= 4 is 29.7 Å². The van der Waals surface area contributed by atoms with Crippen LogP contribution in [0, 0.1) is 0 Å². The summed E-state index contributed by atoms with van der Waals surface area (Å²) in [5.41, 5.74) is 0.833. The third-order valence-electron chi connectivity index (χ3n) is 3.43. The summed E-state index contributed by atoms with van der Waals surface area (Å²) < 4.78 is 0. The first-order valence-corrected chi connectivity index (χ1v) is 6.95. The predicted molar refractivity (Wildman–Crippen MR) is 85.5 cm³/mol. The van der Waals surface area contributed by atoms with Crippen LogP contribution in [0.2, 0.25) is 0 Å². The Morgan fingerprint density at radius 2 is 1.79 bits per heavy atom. The summed E-state index contributed by atoms with van der Waals surface area (Å²) in [6.07, 6.45) is 1.47. The molecule has 0 atom stereocenters. The van der Waals surface area contributed by atoms with Crippen molar-refractivity contribution in [1.29, 1.82) is 0 Å². The number of hydrogen-bond donors (Lipinski definition) is 3. The van der Waals surface area contributed by atoms with Crippen molar-refractivity contribution in [3.63, 3.8) is 0 Å². The van der Waals surface area contributed by atoms with Gasteiger partial charge in [-0.15, -0.1) is 0 Å². The molecule has 3 rings (SSSR count). The van der Waals surface area contributed by atoms with Crippen LogP contribution in [-0.4, -0.2) is 28.1 Å². The molecule has 1 aliphatic rings. The van der Waals surface area contributed by atoms with Crippen LogP contribution in [0.25, 0.3) is 6.08 Å². The van der Waals surface area contributed by atoms with Crippen molar-refractivity contribution in [2.75, 3.05) is 4.90 Å². The predicted octanol–water partition coefficient (Wildman–Crippen LogP) is 2.19. The number of anilines is 1. The van der Waals surface area contributed by atoms with Gasteiger partial charge in [-0.05, 0) is 42.0 Å². The Labute approximate surface area is 136 Å². The smallest absolute Gasteiger partial charge is 0.335 e. The number of carbonyl (C=O) groups excluding carboxylic acids is 2. The van der Waals surface area contributed by atoms with E-state index in [2.05, 4.69) is 5.32 Å². The number of phenols is 1. The Morgan fingerprint density at radius 3 is 2.46 bits per heavy atom. The molecule has 1 heterocycles. The molecule has 1 saturated heterocycles. The Morgan fingerprint density at radius 1 is 1.08 bits per heavy atom. The van der Waals surface area contributed by atoms with Crippen LogP contribution in [0.3, 0.4) is 0 Å². The normalized spacial score (nSPS) is 15.7. The standard InChI is InChI=1S/C17H12N2O5/c20-13-6-4-10(5-7-13)8-14-15(21)19(17(24)18-14)12-3-1-2-11(9-12)16(22)23/h1-9,20H,(H,18,24)(H,22,23)/b14-8-. The van der Waals surface area contributed by atoms with E-state index in [-0.39, 0.29) is 22.7 Å². The van der Waals surface area contributed by atoms with Gasteiger partial charge in [0.15, 0.2) is 0 Å². The van der Waals surface area contributed by atoms with Gasteiger partial charge in [-0.25, -0.2) is 14.5 Å². The number of carbonyl (C=O) groups is 3. The highest BCUT2D eigenvalue weighted by atomic mass is 16.4. The summed E-state index contributed by atoms with van der Waals surface area (Å²) in [6, 6.07) is 11.0. The van der Waals surface area contributed by atoms with Gasteiger partial charge in [-0.2, -0.15) is 0 Å². The second kappa shape index (κ2) is 5.88. The molecule has 2 aromatic carbocycles. The highest BCUT2D eigenvalue weighted by Crippen LogP contribution is 2.23. The summed E-state index contributed by atoms with van der Waals surface area (Å²) in [6.45, 7) is 0. The molecule has 0 aliphatic carbocycles. The summed E-state index contributed by atoms with van der Waals surface area (Å²) in [5, 5.41) is 20.7. The topological polar surface area (TPSA) is 107 Å². The van der Waals surface area contributed by atoms with E-state index in [1.54, 1.807) is 12.1 Å². The molecule has 1 fully saturated rings. The average Bonchev–Trinajstić information content (AvgIpc) is 2.83. The van der Waals surface area contributed by atoms with E-state index in [1.165, 1.54) is 42.5 Å². The van der Waals surface area contributed by atoms with Gasteiger partial charge in [-0.3, -0.25) is 4.79 Å². The Hall–Kier alpha value is -3.61. The molecular formula is C17H12N2O5. The van der Waals surface area contributed by atoms with Crippen molar-refractivity contribution in [2.24, 2.45) is 0 Å². The molecule has 7 nitrogen and oxygen atoms in total. The third kappa shape index (κ3) is 2.82. The number of benzene rings is 2. The van der Waals surface area contributed by atoms with Crippen molar-refractivity contribution in [1.82, 2.24) is 5.32 Å². The molecule has 2 aromatic rings. The minimum atomic E-state index is -1.15. The molecule has 3 amide bonds. The lowest BCUT2D eigenvalue weighted by Crippen LogP contribution is -2.30. The van der Waals surface area contributed by atoms with E-state index in [1.807, 2.05) is 0 Å². The van der Waals surface area contributed by atoms with E-state index in [9.17, 15) is 19.5 Å². The number of carboxylic acid groups (broad SMARTS) is 1. The fourth-order valence-corrected chi connectivity index (χ4v) is 2.28. The zero-order valence-corrected chi connectivity index (χ0v) is 12.3. The Kier molecular flexibility index (Phi) is 3.75. The number of aromatic carboxylic acids is 1. The minimum Gasteiger partial charge on any atom is -0.508 e. The van der Waals surface area contributed by atoms with Crippen LogP contribution < -0.4 is 10.2 Å². The maximum absolute atomic E-state index is 12.4. The molecule has 3 N–H and O–H groups in total. The molecule has 7 heteroatoms. The number of carboxylic acids is 1. The first kappa shape index (κ1) is 15.3. The van der Waals surface area contributed by atoms with E-state index in [0.717, 1.165) is 4.90 Å². The van der Waals surface area contributed by atoms with Gasteiger partial charge < -0.3 is 15.5 Å². The number of rotatable bonds is 3. The zero-order chi connectivity index (χ0) is 17.3. The van der Waals surface area contributed by atoms with Gasteiger partial charge in [0, 0.05) is 0 Å². The number of nitrogens with one attached hydrogen (secondary N) is 1. The number of amides is 3. The molecular weight excluding hydrogens is 312 g/mol. The zero-order valence-electron chi connectivity index (χ0n) is 12.3. The van der Waals surface area contributed by atoms with Crippen LogP contribution in [0.5, 0.6) is 5.75 Å². The highest BCUT2D eigenvalue weighted by Gasteiger charge is 2.35. The number of aromatic hydroxyl groups is 1. The maximum Gasteiger partial charge on any atom is 0.335 e. The number of nitrogens with zero attached hydrogens (tertiary/aromatic N) is 1. The second-order valence-corrected chi connectivity index (χ2v) is 5.08. The van der Waals surface area contributed by atoms with Gasteiger partial charge >= 0.3 is 12.0 Å². The van der Waals surface area contributed by atoms with Crippen LogP contribution >= 0.6 is 0 Å². The van der Waals surface area contributed by atoms with Gasteiger partial charge in [0.25, 0.3) is 5.91 Å². The molecule has 120 valence electrons. The van der Waals surface area contributed by atoms with Crippen LogP contribution in [0.4, 0.5) is 10.5 Å². The molecule has 0 aromatic heterocycles. The Bertz CT molecular complexity index is 871. The Balaban J connectivity index is 1.93. The van der Waals surface area contributed by atoms with Crippen LogP contribution in [0.15, 0.2) is 54.2 Å². The summed E-state index contributed by atoms with van der Waals surface area (Å²) in [5.74, 6) is -1.65. The van der Waals surface area contributed by atoms with Gasteiger partial charge in [0.1, 0.15) is 11.4 Å². The van der Waals surface area contributed by atoms with Crippen molar-refractivity contribution in [3.05, 3.63) is 65.4 Å². The van der Waals surface area contributed by atoms with Gasteiger partial charge in [0.05, 0.1) is 11.3 Å². The van der Waals surface area contributed by atoms with E-state index in [0.29, 0.717) is 5.56 Å². The van der Waals surface area contributed by atoms with Crippen molar-refractivity contribution < 1.29 is 24.6 Å². The summed E-state index contributed by atoms with van der Waals surface area (Å²) in [4.78, 5) is 36.4. The number of urea groups is 1. The number of imide groups is 1. The first-order valence-electron chi connectivity index (χ1n) is 6.95. The SMILES string of the molecule is O=C(O)c1cccc(N2C(=O)N/C(=C\c3ccc(O)cc3)C2=O)c1. The van der Waals surface area contributed by atoms with E-state index in [4.69, 9.17) is 5.11 Å². The fourth-order valence-electron chi connectivity index (χ4n) is 2.28. The van der Waals surface area contributed by atoms with Crippen LogP contribution in [0.1, 0.15) is 15.9 Å². The molecule has 0 radical (unpaired) electrons. The highest BCUT2D eigenvalue weighted by molar-refractivity contribution is 6.28. The molecule has 0 spiro atoms. The lowest BCUT2D eigenvalue weighted by molar-refractivity contribution is -0.113. The largest absolute Gasteiger partial charge is 0.508 e.